The van der Waals surface area contributed by atoms with Gasteiger partial charge >= 0.3 is 0 Å². The number of nitro groups is 1. The van der Waals surface area contributed by atoms with Crippen molar-refractivity contribution in [2.24, 2.45) is 0 Å². The molecule has 0 unspecified atom stereocenters. The Morgan fingerprint density at radius 2 is 1.96 bits per heavy atom. The van der Waals surface area contributed by atoms with Crippen molar-refractivity contribution < 1.29 is 23.0 Å². The smallest absolute Gasteiger partial charge is 0.293 e. The van der Waals surface area contributed by atoms with Crippen molar-refractivity contribution in [1.82, 2.24) is 4.72 Å². The van der Waals surface area contributed by atoms with Crippen LogP contribution in [0, 0.1) is 10.1 Å². The lowest BCUT2D eigenvalue weighted by Gasteiger charge is -2.37. The number of morpholine rings is 1. The molecule has 2 rings (SSSR count). The third-order valence-electron chi connectivity index (χ3n) is 4.52. The fourth-order valence-electron chi connectivity index (χ4n) is 2.83. The minimum atomic E-state index is -3.73. The highest BCUT2D eigenvalue weighted by atomic mass is 32.2. The van der Waals surface area contributed by atoms with E-state index in [1.165, 1.54) is 24.1 Å². The standard InChI is InChI=1S/C15H24N4O5S/c1-15(2,18-6-8-24-9-7-18)11-17-13-5-4-12(25(22,23)16-3)10-14(13)19(20)21/h4-5,10,16-17H,6-9,11H2,1-3H3/p+1. The largest absolute Gasteiger partial charge is 0.373 e. The number of nitrogens with one attached hydrogen (secondary N) is 3. The molecule has 1 aromatic rings. The van der Waals surface area contributed by atoms with Crippen LogP contribution < -0.4 is 14.9 Å². The number of hydrogen-bond acceptors (Lipinski definition) is 6. The van der Waals surface area contributed by atoms with Gasteiger partial charge in [0.2, 0.25) is 10.0 Å². The fourth-order valence-corrected chi connectivity index (χ4v) is 3.58. The average Bonchev–Trinajstić information content (AvgIpc) is 2.60. The Morgan fingerprint density at radius 1 is 1.32 bits per heavy atom. The maximum Gasteiger partial charge on any atom is 0.293 e. The Labute approximate surface area is 147 Å². The van der Waals surface area contributed by atoms with Crippen molar-refractivity contribution in [3.05, 3.63) is 28.3 Å². The molecule has 0 radical (unpaired) electrons. The van der Waals surface area contributed by atoms with Gasteiger partial charge in [0, 0.05) is 6.07 Å². The number of nitro benzene ring substituents is 1. The summed E-state index contributed by atoms with van der Waals surface area (Å²) in [6, 6.07) is 3.87. The summed E-state index contributed by atoms with van der Waals surface area (Å²) >= 11 is 0. The number of ether oxygens (including phenoxy) is 1. The minimum absolute atomic E-state index is 0.134. The summed E-state index contributed by atoms with van der Waals surface area (Å²) in [4.78, 5) is 12.0. The summed E-state index contributed by atoms with van der Waals surface area (Å²) in [6.45, 7) is 7.87. The average molecular weight is 373 g/mol. The van der Waals surface area contributed by atoms with Gasteiger partial charge in [0.25, 0.3) is 5.69 Å². The molecule has 0 aromatic heterocycles. The molecule has 1 aliphatic heterocycles. The molecule has 0 spiro atoms. The van der Waals surface area contributed by atoms with Crippen LogP contribution in [0.2, 0.25) is 0 Å². The summed E-state index contributed by atoms with van der Waals surface area (Å²) < 4.78 is 31.2. The van der Waals surface area contributed by atoms with Gasteiger partial charge in [-0.05, 0) is 33.0 Å². The maximum absolute atomic E-state index is 11.8. The normalized spacial score (nSPS) is 16.6. The number of anilines is 1. The first-order chi connectivity index (χ1) is 11.7. The van der Waals surface area contributed by atoms with Crippen LogP contribution in [0.25, 0.3) is 0 Å². The van der Waals surface area contributed by atoms with Gasteiger partial charge in [-0.3, -0.25) is 10.1 Å². The first-order valence-corrected chi connectivity index (χ1v) is 9.54. The molecule has 25 heavy (non-hydrogen) atoms. The lowest BCUT2D eigenvalue weighted by Crippen LogP contribution is -3.21. The van der Waals surface area contributed by atoms with E-state index in [9.17, 15) is 18.5 Å². The van der Waals surface area contributed by atoms with Crippen LogP contribution in [0.3, 0.4) is 0 Å². The Bertz CT molecular complexity index is 729. The van der Waals surface area contributed by atoms with Gasteiger partial charge < -0.3 is 15.0 Å². The van der Waals surface area contributed by atoms with E-state index < -0.39 is 14.9 Å². The first kappa shape index (κ1) is 19.6. The number of rotatable bonds is 7. The van der Waals surface area contributed by atoms with Crippen LogP contribution in [0.4, 0.5) is 11.4 Å². The summed E-state index contributed by atoms with van der Waals surface area (Å²) in [5, 5.41) is 14.5. The van der Waals surface area contributed by atoms with E-state index in [1.54, 1.807) is 0 Å². The van der Waals surface area contributed by atoms with Crippen molar-refractivity contribution in [2.45, 2.75) is 24.3 Å². The lowest BCUT2D eigenvalue weighted by molar-refractivity contribution is -0.953. The van der Waals surface area contributed by atoms with E-state index in [1.807, 2.05) is 0 Å². The number of quaternary nitrogens is 1. The fraction of sp³-hybridized carbons (Fsp3) is 0.600. The van der Waals surface area contributed by atoms with Gasteiger partial charge in [-0.2, -0.15) is 0 Å². The molecule has 1 fully saturated rings. The van der Waals surface area contributed by atoms with Crippen LogP contribution in [0.15, 0.2) is 23.1 Å². The molecule has 0 saturated carbocycles. The highest BCUT2D eigenvalue weighted by molar-refractivity contribution is 7.89. The molecule has 140 valence electrons. The van der Waals surface area contributed by atoms with Crippen LogP contribution >= 0.6 is 0 Å². The van der Waals surface area contributed by atoms with E-state index in [0.717, 1.165) is 19.2 Å². The summed E-state index contributed by atoms with van der Waals surface area (Å²) in [7, 11) is -2.47. The highest BCUT2D eigenvalue weighted by Gasteiger charge is 2.32. The topological polar surface area (TPSA) is 115 Å². The number of benzene rings is 1. The Kier molecular flexibility index (Phi) is 5.99. The quantitative estimate of drug-likeness (QED) is 0.443. The number of sulfonamides is 1. The molecule has 0 amide bonds. The molecule has 0 atom stereocenters. The molecule has 1 aromatic carbocycles. The second-order valence-electron chi connectivity index (χ2n) is 6.60. The van der Waals surface area contributed by atoms with Gasteiger partial charge in [0.05, 0.1) is 29.6 Å². The Balaban J connectivity index is 2.20. The third kappa shape index (κ3) is 4.66. The maximum atomic E-state index is 11.8. The number of nitrogens with zero attached hydrogens (tertiary/aromatic N) is 1. The third-order valence-corrected chi connectivity index (χ3v) is 5.93. The van der Waals surface area contributed by atoms with Crippen molar-refractivity contribution in [1.29, 1.82) is 0 Å². The summed E-state index contributed by atoms with van der Waals surface area (Å²) in [5.41, 5.74) is -0.0993. The molecule has 0 bridgehead atoms. The molecule has 1 heterocycles. The van der Waals surface area contributed by atoms with Crippen LogP contribution in [-0.4, -0.2) is 58.8 Å². The Morgan fingerprint density at radius 3 is 2.52 bits per heavy atom. The van der Waals surface area contributed by atoms with Gasteiger partial charge in [-0.25, -0.2) is 13.1 Å². The predicted octanol–water partition coefficient (Wildman–Crippen LogP) is -0.391. The van der Waals surface area contributed by atoms with Crippen molar-refractivity contribution in [3.63, 3.8) is 0 Å². The molecule has 0 aliphatic carbocycles. The van der Waals surface area contributed by atoms with Gasteiger partial charge in [0.1, 0.15) is 24.3 Å². The van der Waals surface area contributed by atoms with E-state index in [0.29, 0.717) is 25.4 Å². The molecule has 1 saturated heterocycles. The first-order valence-electron chi connectivity index (χ1n) is 8.06. The summed E-state index contributed by atoms with van der Waals surface area (Å²) in [5.74, 6) is 0. The van der Waals surface area contributed by atoms with E-state index in [2.05, 4.69) is 23.9 Å². The predicted molar refractivity (Wildman–Crippen MR) is 93.4 cm³/mol. The zero-order chi connectivity index (χ0) is 18.7. The van der Waals surface area contributed by atoms with Crippen LogP contribution in [0.5, 0.6) is 0 Å². The second kappa shape index (κ2) is 7.65. The van der Waals surface area contributed by atoms with Gasteiger partial charge in [0.15, 0.2) is 0 Å². The molecule has 3 N–H and O–H groups in total. The number of hydrogen-bond donors (Lipinski definition) is 3. The van der Waals surface area contributed by atoms with Crippen LogP contribution in [-0.2, 0) is 14.8 Å². The Hall–Kier alpha value is -1.75. The monoisotopic (exact) mass is 373 g/mol. The van der Waals surface area contributed by atoms with Gasteiger partial charge in [-0.1, -0.05) is 0 Å². The molecule has 1 aliphatic rings. The minimum Gasteiger partial charge on any atom is -0.373 e. The summed E-state index contributed by atoms with van der Waals surface area (Å²) in [6.07, 6.45) is 0. The van der Waals surface area contributed by atoms with Crippen molar-refractivity contribution in [3.8, 4) is 0 Å². The van der Waals surface area contributed by atoms with E-state index in [4.69, 9.17) is 4.74 Å². The zero-order valence-electron chi connectivity index (χ0n) is 14.7. The van der Waals surface area contributed by atoms with Crippen LogP contribution in [0.1, 0.15) is 13.8 Å². The van der Waals surface area contributed by atoms with Crippen molar-refractivity contribution in [2.75, 3.05) is 45.2 Å². The lowest BCUT2D eigenvalue weighted by atomic mass is 10.0. The van der Waals surface area contributed by atoms with Crippen molar-refractivity contribution >= 4 is 21.4 Å². The van der Waals surface area contributed by atoms with E-state index in [-0.39, 0.29) is 16.1 Å². The molecule has 10 heteroatoms. The second-order valence-corrected chi connectivity index (χ2v) is 8.48. The zero-order valence-corrected chi connectivity index (χ0v) is 15.5. The molecular weight excluding hydrogens is 348 g/mol. The van der Waals surface area contributed by atoms with Gasteiger partial charge in [-0.15, -0.1) is 0 Å². The molecular formula is C15H25N4O5S+. The van der Waals surface area contributed by atoms with E-state index >= 15 is 0 Å². The highest BCUT2D eigenvalue weighted by Crippen LogP contribution is 2.27. The SMILES string of the molecule is CNS(=O)(=O)c1ccc(NCC(C)(C)[NH+]2CCOCC2)c([N+](=O)[O-])c1. The molecule has 9 nitrogen and oxygen atoms in total.